The predicted molar refractivity (Wildman–Crippen MR) is 68.5 cm³/mol. The molecule has 0 aliphatic carbocycles. The van der Waals surface area contributed by atoms with Crippen LogP contribution in [0.1, 0.15) is 26.2 Å². The van der Waals surface area contributed by atoms with E-state index >= 15 is 0 Å². The molecule has 0 heterocycles. The largest absolute Gasteiger partial charge is 0.385 e. The van der Waals surface area contributed by atoms with Crippen molar-refractivity contribution in [2.24, 2.45) is 4.99 Å². The van der Waals surface area contributed by atoms with Gasteiger partial charge in [-0.1, -0.05) is 5.92 Å². The Morgan fingerprint density at radius 1 is 1.31 bits per heavy atom. The number of aliphatic imine (C=N–C) groups is 1. The first kappa shape index (κ1) is 14.8. The van der Waals surface area contributed by atoms with E-state index in [2.05, 4.69) is 21.5 Å². The smallest absolute Gasteiger partial charge is 0.192 e. The van der Waals surface area contributed by atoms with Gasteiger partial charge in [-0.15, -0.1) is 6.42 Å². The van der Waals surface area contributed by atoms with Crippen LogP contribution in [0.25, 0.3) is 0 Å². The Morgan fingerprint density at radius 3 is 2.75 bits per heavy atom. The third-order valence-corrected chi connectivity index (χ3v) is 1.98. The molecule has 0 atom stereocenters. The molecule has 4 nitrogen and oxygen atoms in total. The van der Waals surface area contributed by atoms with E-state index in [4.69, 9.17) is 11.2 Å². The Kier molecular flexibility index (Phi) is 11.0. The molecule has 2 N–H and O–H groups in total. The summed E-state index contributed by atoms with van der Waals surface area (Å²) in [5, 5.41) is 6.19. The molecule has 4 heteroatoms. The molecule has 0 unspecified atom stereocenters. The fourth-order valence-electron chi connectivity index (χ4n) is 1.20. The molecule has 0 bridgehead atoms. The van der Waals surface area contributed by atoms with Crippen LogP contribution in [0, 0.1) is 12.3 Å². The second-order valence-corrected chi connectivity index (χ2v) is 3.37. The number of rotatable bonds is 8. The van der Waals surface area contributed by atoms with Gasteiger partial charge in [0.2, 0.25) is 0 Å². The summed E-state index contributed by atoms with van der Waals surface area (Å²) in [4.78, 5) is 4.41. The molecule has 0 saturated heterocycles. The molecular formula is C12H23N3O. The Morgan fingerprint density at radius 2 is 2.12 bits per heavy atom. The van der Waals surface area contributed by atoms with E-state index < -0.39 is 0 Å². The number of hydrogen-bond donors (Lipinski definition) is 2. The minimum absolute atomic E-state index is 0.509. The summed E-state index contributed by atoms with van der Waals surface area (Å²) in [5.74, 6) is 3.32. The van der Waals surface area contributed by atoms with E-state index in [1.54, 1.807) is 7.11 Å². The number of ether oxygens (including phenoxy) is 1. The first-order valence-electron chi connectivity index (χ1n) is 5.79. The van der Waals surface area contributed by atoms with Crippen molar-refractivity contribution in [3.63, 3.8) is 0 Å². The van der Waals surface area contributed by atoms with Crippen LogP contribution in [0.4, 0.5) is 0 Å². The van der Waals surface area contributed by atoms with Crippen LogP contribution in [0.5, 0.6) is 0 Å². The van der Waals surface area contributed by atoms with E-state index in [0.717, 1.165) is 44.9 Å². The standard InChI is InChI=1S/C12H23N3O/c1-4-9-14-12(13-5-2)15-10-7-6-8-11-16-3/h1H,5-11H2,2-3H3,(H2,13,14,15). The van der Waals surface area contributed by atoms with Crippen LogP contribution < -0.4 is 10.6 Å². The van der Waals surface area contributed by atoms with E-state index in [0.29, 0.717) is 6.54 Å². The maximum absolute atomic E-state index is 5.17. The lowest BCUT2D eigenvalue weighted by molar-refractivity contribution is 0.192. The van der Waals surface area contributed by atoms with Gasteiger partial charge in [0, 0.05) is 26.8 Å². The number of terminal acetylenes is 1. The molecular weight excluding hydrogens is 202 g/mol. The lowest BCUT2D eigenvalue weighted by Gasteiger charge is -2.08. The van der Waals surface area contributed by atoms with Gasteiger partial charge in [-0.05, 0) is 26.2 Å². The second kappa shape index (κ2) is 11.9. The van der Waals surface area contributed by atoms with E-state index in [1.807, 2.05) is 6.92 Å². The first-order chi connectivity index (χ1) is 7.85. The maximum Gasteiger partial charge on any atom is 0.192 e. The molecule has 0 saturated carbocycles. The van der Waals surface area contributed by atoms with Crippen LogP contribution in [0.2, 0.25) is 0 Å². The fraction of sp³-hybridized carbons (Fsp3) is 0.750. The quantitative estimate of drug-likeness (QED) is 0.280. The van der Waals surface area contributed by atoms with Gasteiger partial charge in [0.15, 0.2) is 5.96 Å². The van der Waals surface area contributed by atoms with Crippen molar-refractivity contribution in [1.82, 2.24) is 10.6 Å². The molecule has 0 aromatic carbocycles. The Bertz CT molecular complexity index is 221. The summed E-state index contributed by atoms with van der Waals surface area (Å²) in [6.45, 7) is 5.05. The number of unbranched alkanes of at least 4 members (excludes halogenated alkanes) is 2. The summed E-state index contributed by atoms with van der Waals surface area (Å²) in [6, 6.07) is 0. The minimum Gasteiger partial charge on any atom is -0.385 e. The highest BCUT2D eigenvalue weighted by Gasteiger charge is 1.94. The van der Waals surface area contributed by atoms with Gasteiger partial charge >= 0.3 is 0 Å². The molecule has 0 aromatic heterocycles. The molecule has 0 aromatic rings. The van der Waals surface area contributed by atoms with Crippen molar-refractivity contribution in [3.05, 3.63) is 0 Å². The van der Waals surface area contributed by atoms with Crippen molar-refractivity contribution in [3.8, 4) is 12.3 Å². The van der Waals surface area contributed by atoms with Gasteiger partial charge in [0.25, 0.3) is 0 Å². The first-order valence-corrected chi connectivity index (χ1v) is 5.79. The van der Waals surface area contributed by atoms with Crippen LogP contribution in [0.15, 0.2) is 4.99 Å². The zero-order valence-corrected chi connectivity index (χ0v) is 10.4. The van der Waals surface area contributed by atoms with Gasteiger partial charge in [-0.2, -0.15) is 0 Å². The van der Waals surface area contributed by atoms with Crippen LogP contribution >= 0.6 is 0 Å². The topological polar surface area (TPSA) is 45.7 Å². The Hall–Kier alpha value is -1.21. The summed E-state index contributed by atoms with van der Waals surface area (Å²) in [6.07, 6.45) is 8.50. The third-order valence-electron chi connectivity index (χ3n) is 1.98. The number of methoxy groups -OCH3 is 1. The fourth-order valence-corrected chi connectivity index (χ4v) is 1.20. The zero-order valence-electron chi connectivity index (χ0n) is 10.4. The average Bonchev–Trinajstić information content (AvgIpc) is 2.30. The molecule has 92 valence electrons. The van der Waals surface area contributed by atoms with E-state index in [1.165, 1.54) is 0 Å². The van der Waals surface area contributed by atoms with Crippen LogP contribution in [-0.4, -0.2) is 39.3 Å². The highest BCUT2D eigenvalue weighted by Crippen LogP contribution is 1.95. The third kappa shape index (κ3) is 9.35. The van der Waals surface area contributed by atoms with Crippen LogP contribution in [-0.2, 0) is 4.74 Å². The van der Waals surface area contributed by atoms with Gasteiger partial charge in [-0.25, -0.2) is 0 Å². The average molecular weight is 225 g/mol. The molecule has 0 aliphatic heterocycles. The molecule has 0 amide bonds. The molecule has 0 fully saturated rings. The summed E-state index contributed by atoms with van der Waals surface area (Å²) in [5.41, 5.74) is 0. The SMILES string of the molecule is C#CCNC(=NCCCCCOC)NCC. The Balaban J connectivity index is 3.63. The summed E-state index contributed by atoms with van der Waals surface area (Å²) < 4.78 is 4.98. The number of nitrogens with zero attached hydrogens (tertiary/aromatic N) is 1. The van der Waals surface area contributed by atoms with E-state index in [9.17, 15) is 0 Å². The molecule has 0 rings (SSSR count). The van der Waals surface area contributed by atoms with Crippen LogP contribution in [0.3, 0.4) is 0 Å². The number of nitrogens with one attached hydrogen (secondary N) is 2. The predicted octanol–water partition coefficient (Wildman–Crippen LogP) is 0.991. The van der Waals surface area contributed by atoms with Crippen molar-refractivity contribution < 1.29 is 4.74 Å². The molecule has 0 aliphatic rings. The highest BCUT2D eigenvalue weighted by molar-refractivity contribution is 5.79. The lowest BCUT2D eigenvalue weighted by Crippen LogP contribution is -2.37. The van der Waals surface area contributed by atoms with Crippen molar-refractivity contribution in [2.45, 2.75) is 26.2 Å². The summed E-state index contributed by atoms with van der Waals surface area (Å²) >= 11 is 0. The normalized spacial score (nSPS) is 10.9. The number of guanidine groups is 1. The number of hydrogen-bond acceptors (Lipinski definition) is 2. The van der Waals surface area contributed by atoms with E-state index in [-0.39, 0.29) is 0 Å². The molecule has 0 spiro atoms. The second-order valence-electron chi connectivity index (χ2n) is 3.37. The highest BCUT2D eigenvalue weighted by atomic mass is 16.5. The molecule has 16 heavy (non-hydrogen) atoms. The summed E-state index contributed by atoms with van der Waals surface area (Å²) in [7, 11) is 1.73. The Labute approximate surface area is 98.9 Å². The lowest BCUT2D eigenvalue weighted by atomic mass is 10.2. The van der Waals surface area contributed by atoms with Crippen molar-refractivity contribution in [1.29, 1.82) is 0 Å². The van der Waals surface area contributed by atoms with Gasteiger partial charge in [0.1, 0.15) is 0 Å². The van der Waals surface area contributed by atoms with Gasteiger partial charge in [0.05, 0.1) is 6.54 Å². The molecule has 0 radical (unpaired) electrons. The van der Waals surface area contributed by atoms with Gasteiger partial charge < -0.3 is 15.4 Å². The van der Waals surface area contributed by atoms with Crippen molar-refractivity contribution >= 4 is 5.96 Å². The minimum atomic E-state index is 0.509. The zero-order chi connectivity index (χ0) is 12.1. The maximum atomic E-state index is 5.17. The monoisotopic (exact) mass is 225 g/mol. The van der Waals surface area contributed by atoms with Gasteiger partial charge in [-0.3, -0.25) is 4.99 Å². The van der Waals surface area contributed by atoms with Crippen molar-refractivity contribution in [2.75, 3.05) is 33.4 Å².